The number of nitrogens with two attached hydrogens (primary N) is 1. The normalized spacial score (nSPS) is 12.8. The maximum absolute atomic E-state index is 11.5. The van der Waals surface area contributed by atoms with Gasteiger partial charge in [0.15, 0.2) is 0 Å². The Morgan fingerprint density at radius 2 is 1.09 bits per heavy atom. The molecule has 0 aliphatic rings. The molecule has 3 rings (SSSR count). The van der Waals surface area contributed by atoms with Crippen molar-refractivity contribution in [1.82, 2.24) is 0 Å². The van der Waals surface area contributed by atoms with E-state index in [9.17, 15) is 5.11 Å². The third-order valence-corrected chi connectivity index (χ3v) is 4.25. The average molecular weight is 303 g/mol. The van der Waals surface area contributed by atoms with Crippen LogP contribution in [0.2, 0.25) is 0 Å². The standard InChI is InChI=1S/C21H21NO/c22-20(17-10-4-1-5-11-17)16-21(23,18-12-6-2-7-13-18)19-14-8-3-9-15-19/h1-15,20,23H,16,22H2. The van der Waals surface area contributed by atoms with E-state index >= 15 is 0 Å². The summed E-state index contributed by atoms with van der Waals surface area (Å²) < 4.78 is 0. The fraction of sp³-hybridized carbons (Fsp3) is 0.143. The van der Waals surface area contributed by atoms with Gasteiger partial charge in [0.2, 0.25) is 0 Å². The Hall–Kier alpha value is -2.42. The number of aliphatic hydroxyl groups is 1. The maximum atomic E-state index is 11.5. The van der Waals surface area contributed by atoms with Crippen LogP contribution in [0.1, 0.15) is 29.2 Å². The van der Waals surface area contributed by atoms with Gasteiger partial charge in [-0.3, -0.25) is 0 Å². The van der Waals surface area contributed by atoms with Gasteiger partial charge in [-0.25, -0.2) is 0 Å². The van der Waals surface area contributed by atoms with Crippen LogP contribution < -0.4 is 5.73 Å². The van der Waals surface area contributed by atoms with Crippen LogP contribution in [0, 0.1) is 0 Å². The molecule has 1 unspecified atom stereocenters. The molecule has 0 aliphatic carbocycles. The van der Waals surface area contributed by atoms with E-state index in [4.69, 9.17) is 5.73 Å². The average Bonchev–Trinajstić information content (AvgIpc) is 2.64. The zero-order valence-electron chi connectivity index (χ0n) is 13.0. The van der Waals surface area contributed by atoms with E-state index in [2.05, 4.69) is 0 Å². The van der Waals surface area contributed by atoms with Crippen molar-refractivity contribution in [1.29, 1.82) is 0 Å². The molecule has 0 saturated heterocycles. The molecule has 23 heavy (non-hydrogen) atoms. The lowest BCUT2D eigenvalue weighted by Crippen LogP contribution is -2.32. The molecule has 0 aromatic heterocycles. The van der Waals surface area contributed by atoms with E-state index in [1.54, 1.807) is 0 Å². The van der Waals surface area contributed by atoms with Crippen LogP contribution in [0.25, 0.3) is 0 Å². The monoisotopic (exact) mass is 303 g/mol. The van der Waals surface area contributed by atoms with Gasteiger partial charge >= 0.3 is 0 Å². The lowest BCUT2D eigenvalue weighted by atomic mass is 9.80. The predicted molar refractivity (Wildman–Crippen MR) is 93.9 cm³/mol. The lowest BCUT2D eigenvalue weighted by molar-refractivity contribution is 0.0632. The summed E-state index contributed by atoms with van der Waals surface area (Å²) in [5.41, 5.74) is 8.03. The van der Waals surface area contributed by atoms with Crippen LogP contribution in [0.4, 0.5) is 0 Å². The minimum absolute atomic E-state index is 0.249. The van der Waals surface area contributed by atoms with E-state index < -0.39 is 5.60 Å². The van der Waals surface area contributed by atoms with Gasteiger partial charge in [0.25, 0.3) is 0 Å². The molecule has 0 aliphatic heterocycles. The molecule has 3 aromatic rings. The van der Waals surface area contributed by atoms with Crippen molar-refractivity contribution in [2.24, 2.45) is 5.73 Å². The first-order valence-electron chi connectivity index (χ1n) is 7.84. The highest BCUT2D eigenvalue weighted by atomic mass is 16.3. The quantitative estimate of drug-likeness (QED) is 0.748. The van der Waals surface area contributed by atoms with Crippen molar-refractivity contribution in [2.75, 3.05) is 0 Å². The Morgan fingerprint density at radius 3 is 1.52 bits per heavy atom. The molecule has 116 valence electrons. The van der Waals surface area contributed by atoms with Crippen LogP contribution >= 0.6 is 0 Å². The van der Waals surface area contributed by atoms with Crippen LogP contribution in [0.3, 0.4) is 0 Å². The Balaban J connectivity index is 2.00. The molecule has 0 spiro atoms. The molecule has 0 fully saturated rings. The molecule has 0 amide bonds. The first kappa shape index (κ1) is 15.5. The number of hydrogen-bond acceptors (Lipinski definition) is 2. The van der Waals surface area contributed by atoms with Gasteiger partial charge < -0.3 is 10.8 Å². The topological polar surface area (TPSA) is 46.2 Å². The Morgan fingerprint density at radius 1 is 0.696 bits per heavy atom. The highest BCUT2D eigenvalue weighted by Crippen LogP contribution is 2.36. The fourth-order valence-corrected chi connectivity index (χ4v) is 2.97. The second kappa shape index (κ2) is 6.78. The smallest absolute Gasteiger partial charge is 0.116 e. The van der Waals surface area contributed by atoms with Gasteiger partial charge in [-0.2, -0.15) is 0 Å². The van der Waals surface area contributed by atoms with Crippen molar-refractivity contribution < 1.29 is 5.11 Å². The van der Waals surface area contributed by atoms with Gasteiger partial charge in [0, 0.05) is 12.5 Å². The highest BCUT2D eigenvalue weighted by Gasteiger charge is 2.33. The van der Waals surface area contributed by atoms with Gasteiger partial charge in [0.05, 0.1) is 0 Å². The third kappa shape index (κ3) is 3.34. The Bertz CT molecular complexity index is 686. The van der Waals surface area contributed by atoms with Crippen LogP contribution in [0.15, 0.2) is 91.0 Å². The summed E-state index contributed by atoms with van der Waals surface area (Å²) >= 11 is 0. The predicted octanol–water partition coefficient (Wildman–Crippen LogP) is 4.01. The molecule has 0 bridgehead atoms. The van der Waals surface area contributed by atoms with Crippen molar-refractivity contribution in [3.8, 4) is 0 Å². The Labute approximate surface area is 137 Å². The van der Waals surface area contributed by atoms with Crippen molar-refractivity contribution in [2.45, 2.75) is 18.1 Å². The van der Waals surface area contributed by atoms with Crippen LogP contribution in [0.5, 0.6) is 0 Å². The highest BCUT2D eigenvalue weighted by molar-refractivity contribution is 5.37. The number of benzene rings is 3. The minimum atomic E-state index is -1.11. The molecular formula is C21H21NO. The minimum Gasteiger partial charge on any atom is -0.380 e. The largest absolute Gasteiger partial charge is 0.380 e. The zero-order valence-corrected chi connectivity index (χ0v) is 13.0. The van der Waals surface area contributed by atoms with Crippen LogP contribution in [-0.4, -0.2) is 5.11 Å². The molecule has 3 aromatic carbocycles. The lowest BCUT2D eigenvalue weighted by Gasteiger charge is -2.32. The summed E-state index contributed by atoms with van der Waals surface area (Å²) in [5.74, 6) is 0. The number of rotatable bonds is 5. The van der Waals surface area contributed by atoms with Gasteiger partial charge in [-0.15, -0.1) is 0 Å². The summed E-state index contributed by atoms with van der Waals surface area (Å²) in [7, 11) is 0. The van der Waals surface area contributed by atoms with E-state index in [1.807, 2.05) is 91.0 Å². The molecule has 1 atom stereocenters. The van der Waals surface area contributed by atoms with Crippen molar-refractivity contribution in [3.05, 3.63) is 108 Å². The second-order valence-electron chi connectivity index (χ2n) is 5.81. The summed E-state index contributed by atoms with van der Waals surface area (Å²) in [6.45, 7) is 0. The zero-order chi connectivity index (χ0) is 16.1. The molecule has 2 nitrogen and oxygen atoms in total. The molecule has 0 heterocycles. The van der Waals surface area contributed by atoms with E-state index in [-0.39, 0.29) is 6.04 Å². The van der Waals surface area contributed by atoms with Gasteiger partial charge in [-0.1, -0.05) is 91.0 Å². The summed E-state index contributed by atoms with van der Waals surface area (Å²) in [6, 6.07) is 29.1. The molecular weight excluding hydrogens is 282 g/mol. The molecule has 3 N–H and O–H groups in total. The fourth-order valence-electron chi connectivity index (χ4n) is 2.97. The molecule has 0 radical (unpaired) electrons. The second-order valence-corrected chi connectivity index (χ2v) is 5.81. The summed E-state index contributed by atoms with van der Waals surface area (Å²) in [5, 5.41) is 11.5. The SMILES string of the molecule is NC(CC(O)(c1ccccc1)c1ccccc1)c1ccccc1. The first-order valence-corrected chi connectivity index (χ1v) is 7.84. The van der Waals surface area contributed by atoms with Crippen molar-refractivity contribution >= 4 is 0 Å². The Kier molecular flexibility index (Phi) is 4.56. The third-order valence-electron chi connectivity index (χ3n) is 4.25. The van der Waals surface area contributed by atoms with E-state index in [0.717, 1.165) is 16.7 Å². The summed E-state index contributed by atoms with van der Waals surface area (Å²) in [6.07, 6.45) is 0.422. The van der Waals surface area contributed by atoms with Gasteiger partial charge in [-0.05, 0) is 16.7 Å². The molecule has 0 saturated carbocycles. The van der Waals surface area contributed by atoms with Crippen LogP contribution in [-0.2, 0) is 5.60 Å². The first-order chi connectivity index (χ1) is 11.2. The van der Waals surface area contributed by atoms with E-state index in [1.165, 1.54) is 0 Å². The number of hydrogen-bond donors (Lipinski definition) is 2. The molecule has 2 heteroatoms. The maximum Gasteiger partial charge on any atom is 0.116 e. The van der Waals surface area contributed by atoms with E-state index in [0.29, 0.717) is 6.42 Å². The summed E-state index contributed by atoms with van der Waals surface area (Å²) in [4.78, 5) is 0. The van der Waals surface area contributed by atoms with Crippen molar-refractivity contribution in [3.63, 3.8) is 0 Å². The van der Waals surface area contributed by atoms with Gasteiger partial charge in [0.1, 0.15) is 5.60 Å².